The third kappa shape index (κ3) is 5.32. The third-order valence-electron chi connectivity index (χ3n) is 3.71. The van der Waals surface area contributed by atoms with E-state index >= 15 is 0 Å². The van der Waals surface area contributed by atoms with Gasteiger partial charge in [0.2, 0.25) is 0 Å². The van der Waals surface area contributed by atoms with Crippen LogP contribution >= 0.6 is 24.0 Å². The molecule has 26 heavy (non-hydrogen) atoms. The van der Waals surface area contributed by atoms with Crippen LogP contribution in [-0.4, -0.2) is 40.8 Å². The number of ether oxygens (including phenoxy) is 1. The zero-order valence-electron chi connectivity index (χ0n) is 14.8. The first-order valence-electron chi connectivity index (χ1n) is 8.19. The molecule has 0 bridgehead atoms. The van der Waals surface area contributed by atoms with Crippen molar-refractivity contribution in [3.8, 4) is 5.75 Å². The van der Waals surface area contributed by atoms with E-state index in [1.54, 1.807) is 7.05 Å². The molecule has 0 aliphatic heterocycles. The number of hydrogen-bond donors (Lipinski definition) is 2. The van der Waals surface area contributed by atoms with E-state index in [0.29, 0.717) is 25.7 Å². The Balaban J connectivity index is 0.00000243. The molecule has 138 valence electrons. The standard InChI is InChI=1S/C18H22N6O.HI/c1-14-6-8-15(9-7-14)25-12-10-20-18(19-2)21-13-17-23-22-16-5-3-4-11-24(16)17;/h3-9,11H,10,12-13H2,1-2H3,(H2,19,20,21);1H. The summed E-state index contributed by atoms with van der Waals surface area (Å²) < 4.78 is 7.64. The number of aryl methyl sites for hydroxylation is 1. The normalized spacial score (nSPS) is 11.1. The van der Waals surface area contributed by atoms with Crippen molar-refractivity contribution in [1.82, 2.24) is 25.2 Å². The number of fused-ring (bicyclic) bond motifs is 1. The zero-order valence-corrected chi connectivity index (χ0v) is 17.2. The van der Waals surface area contributed by atoms with Crippen LogP contribution in [0.3, 0.4) is 0 Å². The van der Waals surface area contributed by atoms with E-state index in [4.69, 9.17) is 4.74 Å². The summed E-state index contributed by atoms with van der Waals surface area (Å²) in [5.74, 6) is 2.39. The molecule has 0 amide bonds. The summed E-state index contributed by atoms with van der Waals surface area (Å²) in [7, 11) is 1.73. The number of nitrogens with one attached hydrogen (secondary N) is 2. The monoisotopic (exact) mass is 466 g/mol. The van der Waals surface area contributed by atoms with Crippen molar-refractivity contribution < 1.29 is 4.74 Å². The number of nitrogens with zero attached hydrogens (tertiary/aromatic N) is 4. The summed E-state index contributed by atoms with van der Waals surface area (Å²) in [5.41, 5.74) is 2.05. The molecule has 7 nitrogen and oxygen atoms in total. The Morgan fingerprint density at radius 3 is 2.69 bits per heavy atom. The van der Waals surface area contributed by atoms with Gasteiger partial charge in [0.1, 0.15) is 12.4 Å². The van der Waals surface area contributed by atoms with Crippen molar-refractivity contribution in [1.29, 1.82) is 0 Å². The van der Waals surface area contributed by atoms with E-state index in [-0.39, 0.29) is 24.0 Å². The average Bonchev–Trinajstić information content (AvgIpc) is 3.06. The second-order valence-electron chi connectivity index (χ2n) is 5.56. The predicted octanol–water partition coefficient (Wildman–Crippen LogP) is 2.40. The second-order valence-corrected chi connectivity index (χ2v) is 5.56. The molecule has 0 fully saturated rings. The fraction of sp³-hybridized carbons (Fsp3) is 0.278. The van der Waals surface area contributed by atoms with E-state index in [9.17, 15) is 0 Å². The van der Waals surface area contributed by atoms with Crippen LogP contribution in [0.4, 0.5) is 0 Å². The van der Waals surface area contributed by atoms with Crippen LogP contribution in [0, 0.1) is 6.92 Å². The quantitative estimate of drug-likeness (QED) is 0.253. The summed E-state index contributed by atoms with van der Waals surface area (Å²) in [5, 5.41) is 14.8. The lowest BCUT2D eigenvalue weighted by molar-refractivity contribution is 0.322. The highest BCUT2D eigenvalue weighted by molar-refractivity contribution is 14.0. The maximum absolute atomic E-state index is 5.69. The highest BCUT2D eigenvalue weighted by Crippen LogP contribution is 2.10. The first kappa shape index (κ1) is 20.0. The van der Waals surface area contributed by atoms with Gasteiger partial charge in [0.15, 0.2) is 17.4 Å². The Labute approximate surface area is 169 Å². The molecule has 8 heteroatoms. The van der Waals surface area contributed by atoms with Crippen molar-refractivity contribution in [2.24, 2.45) is 4.99 Å². The molecule has 0 atom stereocenters. The molecule has 0 saturated heterocycles. The molecule has 2 N–H and O–H groups in total. The smallest absolute Gasteiger partial charge is 0.191 e. The Kier molecular flexibility index (Phi) is 7.64. The maximum Gasteiger partial charge on any atom is 0.191 e. The SMILES string of the molecule is CN=C(NCCOc1ccc(C)cc1)NCc1nnc2ccccn12.I. The van der Waals surface area contributed by atoms with E-state index < -0.39 is 0 Å². The Morgan fingerprint density at radius 1 is 1.12 bits per heavy atom. The lowest BCUT2D eigenvalue weighted by atomic mass is 10.2. The maximum atomic E-state index is 5.69. The molecule has 2 aromatic heterocycles. The predicted molar refractivity (Wildman–Crippen MR) is 113 cm³/mol. The minimum atomic E-state index is 0. The highest BCUT2D eigenvalue weighted by atomic mass is 127. The van der Waals surface area contributed by atoms with Gasteiger partial charge in [-0.15, -0.1) is 34.2 Å². The topological polar surface area (TPSA) is 75.8 Å². The number of hydrogen-bond acceptors (Lipinski definition) is 4. The summed E-state index contributed by atoms with van der Waals surface area (Å²) in [4.78, 5) is 4.21. The van der Waals surface area contributed by atoms with E-state index in [1.807, 2.05) is 53.1 Å². The van der Waals surface area contributed by atoms with Crippen LogP contribution in [0.1, 0.15) is 11.4 Å². The number of aliphatic imine (C=N–C) groups is 1. The van der Waals surface area contributed by atoms with Gasteiger partial charge in [0, 0.05) is 13.2 Å². The molecule has 0 radical (unpaired) electrons. The van der Waals surface area contributed by atoms with Gasteiger partial charge in [0.25, 0.3) is 0 Å². The third-order valence-corrected chi connectivity index (χ3v) is 3.71. The first-order chi connectivity index (χ1) is 12.3. The van der Waals surface area contributed by atoms with Gasteiger partial charge in [-0.05, 0) is 31.2 Å². The van der Waals surface area contributed by atoms with Gasteiger partial charge in [0.05, 0.1) is 13.1 Å². The molecular weight excluding hydrogens is 443 g/mol. The van der Waals surface area contributed by atoms with Crippen molar-refractivity contribution in [2.75, 3.05) is 20.2 Å². The van der Waals surface area contributed by atoms with Crippen LogP contribution in [0.2, 0.25) is 0 Å². The van der Waals surface area contributed by atoms with Crippen LogP contribution < -0.4 is 15.4 Å². The van der Waals surface area contributed by atoms with Crippen LogP contribution in [0.25, 0.3) is 5.65 Å². The van der Waals surface area contributed by atoms with E-state index in [1.165, 1.54) is 5.56 Å². The second kappa shape index (κ2) is 9.95. The largest absolute Gasteiger partial charge is 0.492 e. The number of benzene rings is 1. The van der Waals surface area contributed by atoms with Gasteiger partial charge in [-0.3, -0.25) is 9.39 Å². The molecule has 3 aromatic rings. The van der Waals surface area contributed by atoms with Crippen molar-refractivity contribution >= 4 is 35.6 Å². The first-order valence-corrected chi connectivity index (χ1v) is 8.19. The number of pyridine rings is 1. The summed E-state index contributed by atoms with van der Waals surface area (Å²) >= 11 is 0. The Morgan fingerprint density at radius 2 is 1.92 bits per heavy atom. The highest BCUT2D eigenvalue weighted by Gasteiger charge is 2.05. The minimum Gasteiger partial charge on any atom is -0.492 e. The lowest BCUT2D eigenvalue weighted by Gasteiger charge is -2.12. The fourth-order valence-electron chi connectivity index (χ4n) is 2.37. The summed E-state index contributed by atoms with van der Waals surface area (Å²) in [6, 6.07) is 13.8. The van der Waals surface area contributed by atoms with Crippen molar-refractivity contribution in [3.05, 3.63) is 60.0 Å². The molecule has 0 saturated carbocycles. The number of halogens is 1. The van der Waals surface area contributed by atoms with Crippen molar-refractivity contribution in [3.63, 3.8) is 0 Å². The molecule has 2 heterocycles. The lowest BCUT2D eigenvalue weighted by Crippen LogP contribution is -2.39. The van der Waals surface area contributed by atoms with Crippen LogP contribution in [0.5, 0.6) is 5.75 Å². The number of guanidine groups is 1. The van der Waals surface area contributed by atoms with Crippen LogP contribution in [-0.2, 0) is 6.54 Å². The minimum absolute atomic E-state index is 0. The fourth-order valence-corrected chi connectivity index (χ4v) is 2.37. The van der Waals surface area contributed by atoms with E-state index in [0.717, 1.165) is 17.2 Å². The number of rotatable bonds is 6. The summed E-state index contributed by atoms with van der Waals surface area (Å²) in [6.07, 6.45) is 1.94. The Hall–Kier alpha value is -2.36. The van der Waals surface area contributed by atoms with Crippen LogP contribution in [0.15, 0.2) is 53.7 Å². The zero-order chi connectivity index (χ0) is 17.5. The molecule has 0 aliphatic rings. The van der Waals surface area contributed by atoms with Crippen molar-refractivity contribution in [2.45, 2.75) is 13.5 Å². The van der Waals surface area contributed by atoms with Gasteiger partial charge in [-0.1, -0.05) is 23.8 Å². The molecule has 0 aliphatic carbocycles. The number of aromatic nitrogens is 3. The van der Waals surface area contributed by atoms with Gasteiger partial charge >= 0.3 is 0 Å². The molecule has 3 rings (SSSR count). The molecule has 0 unspecified atom stereocenters. The van der Waals surface area contributed by atoms with Gasteiger partial charge in [-0.25, -0.2) is 0 Å². The van der Waals surface area contributed by atoms with E-state index in [2.05, 4.69) is 32.7 Å². The van der Waals surface area contributed by atoms with Gasteiger partial charge < -0.3 is 15.4 Å². The average molecular weight is 466 g/mol. The summed E-state index contributed by atoms with van der Waals surface area (Å²) in [6.45, 7) is 3.79. The van der Waals surface area contributed by atoms with Gasteiger partial charge in [-0.2, -0.15) is 0 Å². The molecule has 0 spiro atoms. The Bertz CT molecular complexity index is 846. The molecule has 1 aromatic carbocycles. The molecular formula is C18H23IN6O.